The van der Waals surface area contributed by atoms with E-state index < -0.39 is 0 Å². The number of aryl methyl sites for hydroxylation is 2. The summed E-state index contributed by atoms with van der Waals surface area (Å²) in [4.78, 5) is 0. The van der Waals surface area contributed by atoms with Crippen molar-refractivity contribution < 1.29 is 0 Å². The van der Waals surface area contributed by atoms with Crippen LogP contribution in [0.5, 0.6) is 0 Å². The van der Waals surface area contributed by atoms with Gasteiger partial charge < -0.3 is 0 Å². The van der Waals surface area contributed by atoms with Crippen LogP contribution in [-0.2, 0) is 5.41 Å². The average molecular weight is 425 g/mol. The zero-order chi connectivity index (χ0) is 22.4. The molecule has 0 heteroatoms. The van der Waals surface area contributed by atoms with E-state index >= 15 is 0 Å². The monoisotopic (exact) mass is 424 g/mol. The van der Waals surface area contributed by atoms with Gasteiger partial charge in [-0.15, -0.1) is 0 Å². The Labute approximate surface area is 196 Å². The Bertz CT molecular complexity index is 1300. The molecule has 0 aromatic heterocycles. The number of rotatable bonds is 4. The lowest BCUT2D eigenvalue weighted by Crippen LogP contribution is -2.37. The summed E-state index contributed by atoms with van der Waals surface area (Å²) in [6.07, 6.45) is 7.88. The smallest absolute Gasteiger partial charge is 0.0526 e. The third-order valence-corrected chi connectivity index (χ3v) is 7.50. The molecule has 0 spiro atoms. The topological polar surface area (TPSA) is 0 Å². The highest BCUT2D eigenvalue weighted by Gasteiger charge is 2.50. The van der Waals surface area contributed by atoms with Crippen molar-refractivity contribution in [3.8, 4) is 11.1 Å². The van der Waals surface area contributed by atoms with E-state index in [1.54, 1.807) is 0 Å². The lowest BCUT2D eigenvalue weighted by atomic mass is 9.58. The summed E-state index contributed by atoms with van der Waals surface area (Å²) in [6, 6.07) is 36.4. The molecule has 0 nitrogen and oxygen atoms in total. The van der Waals surface area contributed by atoms with E-state index in [1.807, 2.05) is 0 Å². The second-order valence-electron chi connectivity index (χ2n) is 9.48. The second-order valence-corrected chi connectivity index (χ2v) is 9.48. The van der Waals surface area contributed by atoms with Gasteiger partial charge in [-0.05, 0) is 53.6 Å². The quantitative estimate of drug-likeness (QED) is 0.309. The Balaban J connectivity index is 1.77. The van der Waals surface area contributed by atoms with Crippen molar-refractivity contribution in [2.45, 2.75) is 31.6 Å². The molecule has 0 fully saturated rings. The first kappa shape index (κ1) is 20.0. The van der Waals surface area contributed by atoms with Gasteiger partial charge in [-0.1, -0.05) is 132 Å². The highest BCUT2D eigenvalue weighted by Crippen LogP contribution is 2.60. The van der Waals surface area contributed by atoms with Crippen LogP contribution in [0, 0.1) is 13.8 Å². The van der Waals surface area contributed by atoms with Crippen molar-refractivity contribution in [1.29, 1.82) is 0 Å². The molecule has 4 aromatic rings. The molecule has 2 aliphatic rings. The highest BCUT2D eigenvalue weighted by molar-refractivity contribution is 5.82. The molecule has 0 atom stereocenters. The van der Waals surface area contributed by atoms with E-state index in [-0.39, 0.29) is 11.3 Å². The fraction of sp³-hybridized carbons (Fsp3) is 0.152. The van der Waals surface area contributed by atoms with Crippen LogP contribution in [0.25, 0.3) is 11.1 Å². The molecule has 0 heterocycles. The van der Waals surface area contributed by atoms with Crippen LogP contribution in [0.15, 0.2) is 121 Å². The summed E-state index contributed by atoms with van der Waals surface area (Å²) in [5.74, 6) is 0.207. The van der Waals surface area contributed by atoms with Gasteiger partial charge in [0, 0.05) is 5.92 Å². The van der Waals surface area contributed by atoms with Crippen LogP contribution < -0.4 is 0 Å². The molecule has 2 aliphatic carbocycles. The average Bonchev–Trinajstić information content (AvgIpc) is 3.49. The van der Waals surface area contributed by atoms with E-state index in [4.69, 9.17) is 0 Å². The molecule has 0 aliphatic heterocycles. The minimum Gasteiger partial charge on any atom is -0.0804 e. The fourth-order valence-electron chi connectivity index (χ4n) is 6.16. The van der Waals surface area contributed by atoms with Crippen LogP contribution in [0.2, 0.25) is 0 Å². The van der Waals surface area contributed by atoms with Crippen molar-refractivity contribution in [2.24, 2.45) is 0 Å². The van der Waals surface area contributed by atoms with Crippen molar-refractivity contribution in [3.05, 3.63) is 154 Å². The molecule has 0 saturated carbocycles. The van der Waals surface area contributed by atoms with Crippen molar-refractivity contribution in [1.82, 2.24) is 0 Å². The first-order valence-electron chi connectivity index (χ1n) is 11.9. The standard InChI is InChI=1S/C33H28/c1-23-17-19-28-29-20-18-24(2)22-31(29)32(30(28)21-23)33(27-15-9-10-16-27,25-11-5-3-6-12-25)26-13-7-4-8-14-26/h3-15,17-22,32H,16H2,1-2H3. The summed E-state index contributed by atoms with van der Waals surface area (Å²) >= 11 is 0. The predicted molar refractivity (Wildman–Crippen MR) is 139 cm³/mol. The largest absolute Gasteiger partial charge is 0.0804 e. The molecule has 0 radical (unpaired) electrons. The third kappa shape index (κ3) is 2.98. The van der Waals surface area contributed by atoms with E-state index in [0.717, 1.165) is 6.42 Å². The molecule has 0 unspecified atom stereocenters. The minimum atomic E-state index is -0.284. The highest BCUT2D eigenvalue weighted by atomic mass is 14.5. The fourth-order valence-corrected chi connectivity index (χ4v) is 6.16. The first-order valence-corrected chi connectivity index (χ1v) is 11.9. The van der Waals surface area contributed by atoms with Gasteiger partial charge in [0.2, 0.25) is 0 Å². The van der Waals surface area contributed by atoms with Gasteiger partial charge in [0.05, 0.1) is 5.41 Å². The summed E-state index contributed by atoms with van der Waals surface area (Å²) in [5, 5.41) is 0. The van der Waals surface area contributed by atoms with E-state index in [2.05, 4.69) is 129 Å². The number of benzene rings is 4. The van der Waals surface area contributed by atoms with Gasteiger partial charge in [-0.3, -0.25) is 0 Å². The SMILES string of the molecule is Cc1ccc2c(c1)C(C(C1=CC=CC1)(c1ccccc1)c1ccccc1)c1cc(C)ccc1-2. The van der Waals surface area contributed by atoms with Gasteiger partial charge in [0.15, 0.2) is 0 Å². The molecular weight excluding hydrogens is 396 g/mol. The number of fused-ring (bicyclic) bond motifs is 3. The number of hydrogen-bond acceptors (Lipinski definition) is 0. The lowest BCUT2D eigenvalue weighted by molar-refractivity contribution is 0.526. The Morgan fingerprint density at radius 3 is 1.61 bits per heavy atom. The van der Waals surface area contributed by atoms with Crippen molar-refractivity contribution in [3.63, 3.8) is 0 Å². The molecule has 4 aromatic carbocycles. The third-order valence-electron chi connectivity index (χ3n) is 7.50. The predicted octanol–water partition coefficient (Wildman–Crippen LogP) is 8.29. The van der Waals surface area contributed by atoms with Gasteiger partial charge in [-0.2, -0.15) is 0 Å². The molecule has 0 amide bonds. The van der Waals surface area contributed by atoms with E-state index in [9.17, 15) is 0 Å². The lowest BCUT2D eigenvalue weighted by Gasteiger charge is -2.43. The van der Waals surface area contributed by atoms with E-state index in [1.165, 1.54) is 50.1 Å². The molecule has 160 valence electrons. The van der Waals surface area contributed by atoms with Gasteiger partial charge in [0.1, 0.15) is 0 Å². The minimum absolute atomic E-state index is 0.207. The van der Waals surface area contributed by atoms with Gasteiger partial charge in [0.25, 0.3) is 0 Å². The van der Waals surface area contributed by atoms with Crippen molar-refractivity contribution in [2.75, 3.05) is 0 Å². The molecule has 0 bridgehead atoms. The Morgan fingerprint density at radius 2 is 1.15 bits per heavy atom. The second kappa shape index (κ2) is 7.74. The van der Waals surface area contributed by atoms with Crippen LogP contribution >= 0.6 is 0 Å². The maximum absolute atomic E-state index is 2.43. The zero-order valence-electron chi connectivity index (χ0n) is 19.3. The Morgan fingerprint density at radius 1 is 0.636 bits per heavy atom. The first-order chi connectivity index (χ1) is 16.2. The van der Waals surface area contributed by atoms with Crippen LogP contribution in [-0.4, -0.2) is 0 Å². The maximum Gasteiger partial charge on any atom is 0.0526 e. The van der Waals surface area contributed by atoms with Gasteiger partial charge >= 0.3 is 0 Å². The molecule has 0 saturated heterocycles. The summed E-state index contributed by atoms with van der Waals surface area (Å²) < 4.78 is 0. The summed E-state index contributed by atoms with van der Waals surface area (Å²) in [5.41, 5.74) is 12.2. The molecular formula is C33H28. The normalized spacial score (nSPS) is 14.8. The Hall–Kier alpha value is -3.64. The molecule has 33 heavy (non-hydrogen) atoms. The number of allylic oxidation sites excluding steroid dienone is 4. The summed E-state index contributed by atoms with van der Waals surface area (Å²) in [7, 11) is 0. The van der Waals surface area contributed by atoms with Crippen molar-refractivity contribution >= 4 is 0 Å². The molecule has 0 N–H and O–H groups in total. The summed E-state index contributed by atoms with van der Waals surface area (Å²) in [6.45, 7) is 4.43. The zero-order valence-corrected chi connectivity index (χ0v) is 19.3. The number of hydrogen-bond donors (Lipinski definition) is 0. The maximum atomic E-state index is 2.43. The van der Waals surface area contributed by atoms with E-state index in [0.29, 0.717) is 0 Å². The van der Waals surface area contributed by atoms with Crippen LogP contribution in [0.1, 0.15) is 45.7 Å². The van der Waals surface area contributed by atoms with Crippen LogP contribution in [0.4, 0.5) is 0 Å². The van der Waals surface area contributed by atoms with Crippen LogP contribution in [0.3, 0.4) is 0 Å². The van der Waals surface area contributed by atoms with Gasteiger partial charge in [-0.25, -0.2) is 0 Å². The Kier molecular flexibility index (Phi) is 4.69. The molecule has 6 rings (SSSR count).